The van der Waals surface area contributed by atoms with Crippen LogP contribution in [0.1, 0.15) is 28.9 Å². The molecule has 1 aromatic carbocycles. The zero-order valence-corrected chi connectivity index (χ0v) is 15.3. The van der Waals surface area contributed by atoms with E-state index in [0.717, 1.165) is 12.1 Å². The van der Waals surface area contributed by atoms with Gasteiger partial charge in [-0.1, -0.05) is 0 Å². The van der Waals surface area contributed by atoms with E-state index < -0.39 is 23.6 Å². The summed E-state index contributed by atoms with van der Waals surface area (Å²) in [5, 5.41) is 2.57. The second-order valence-electron chi connectivity index (χ2n) is 6.55. The van der Waals surface area contributed by atoms with Gasteiger partial charge in [0, 0.05) is 17.2 Å². The largest absolute Gasteiger partial charge is 0.430 e. The molecule has 0 aliphatic heterocycles. The Balaban J connectivity index is 1.84. The molecule has 10 heteroatoms. The maximum Gasteiger partial charge on any atom is 0.430 e. The van der Waals surface area contributed by atoms with Gasteiger partial charge in [-0.05, 0) is 44.0 Å². The predicted molar refractivity (Wildman–Crippen MR) is 99.3 cm³/mol. The number of aliphatic imine (C=N–C) groups is 1. The van der Waals surface area contributed by atoms with Crippen LogP contribution in [0.15, 0.2) is 47.5 Å². The van der Waals surface area contributed by atoms with Crippen molar-refractivity contribution in [2.45, 2.75) is 25.9 Å². The minimum Gasteiger partial charge on any atom is -0.395 e. The Kier molecular flexibility index (Phi) is 5.62. The molecule has 1 saturated carbocycles. The van der Waals surface area contributed by atoms with Gasteiger partial charge in [-0.2, -0.15) is 13.2 Å². The van der Waals surface area contributed by atoms with Crippen molar-refractivity contribution in [1.82, 2.24) is 9.97 Å². The highest BCUT2D eigenvalue weighted by atomic mass is 19.4. The van der Waals surface area contributed by atoms with E-state index in [4.69, 9.17) is 5.73 Å². The fourth-order valence-corrected chi connectivity index (χ4v) is 2.45. The molecule has 0 bridgehead atoms. The molecule has 29 heavy (non-hydrogen) atoms. The van der Waals surface area contributed by atoms with E-state index in [2.05, 4.69) is 20.3 Å². The number of hydrogen-bond acceptors (Lipinski definition) is 5. The summed E-state index contributed by atoms with van der Waals surface area (Å²) in [6, 6.07) is 3.53. The zero-order valence-electron chi connectivity index (χ0n) is 15.3. The van der Waals surface area contributed by atoms with Gasteiger partial charge in [0.15, 0.2) is 0 Å². The maximum atomic E-state index is 14.5. The van der Waals surface area contributed by atoms with Gasteiger partial charge in [0.05, 0.1) is 23.3 Å². The first-order valence-corrected chi connectivity index (χ1v) is 8.65. The predicted octanol–water partition coefficient (Wildman–Crippen LogP) is 4.06. The first kappa shape index (κ1) is 20.4. The van der Waals surface area contributed by atoms with Crippen molar-refractivity contribution in [2.75, 3.05) is 5.32 Å². The summed E-state index contributed by atoms with van der Waals surface area (Å²) < 4.78 is 52.5. The Morgan fingerprint density at radius 2 is 2.07 bits per heavy atom. The number of alkyl halides is 3. The topological polar surface area (TPSA) is 93.3 Å². The summed E-state index contributed by atoms with van der Waals surface area (Å²) in [4.78, 5) is 24.1. The average Bonchev–Trinajstić information content (AvgIpc) is 3.48. The van der Waals surface area contributed by atoms with Gasteiger partial charge < -0.3 is 11.1 Å². The summed E-state index contributed by atoms with van der Waals surface area (Å²) in [7, 11) is 0. The van der Waals surface area contributed by atoms with Crippen LogP contribution in [0.4, 0.5) is 28.9 Å². The van der Waals surface area contributed by atoms with Crippen molar-refractivity contribution < 1.29 is 22.4 Å². The number of hydrogen-bond donors (Lipinski definition) is 2. The van der Waals surface area contributed by atoms with E-state index in [1.807, 2.05) is 0 Å². The van der Waals surface area contributed by atoms with Crippen LogP contribution in [0.5, 0.6) is 0 Å². The molecule has 1 heterocycles. The molecular formula is C19H17F4N5O. The Morgan fingerprint density at radius 1 is 1.34 bits per heavy atom. The molecule has 0 spiro atoms. The quantitative estimate of drug-likeness (QED) is 0.577. The third-order valence-corrected chi connectivity index (χ3v) is 4.25. The Hall–Kier alpha value is -3.30. The highest BCUT2D eigenvalue weighted by Gasteiger charge is 2.34. The monoisotopic (exact) mass is 407 g/mol. The van der Waals surface area contributed by atoms with Gasteiger partial charge in [0.2, 0.25) is 0 Å². The van der Waals surface area contributed by atoms with Gasteiger partial charge in [0.25, 0.3) is 5.91 Å². The number of benzene rings is 1. The number of carbonyl (C=O) groups is 1. The van der Waals surface area contributed by atoms with Gasteiger partial charge in [-0.15, -0.1) is 0 Å². The van der Waals surface area contributed by atoms with E-state index in [9.17, 15) is 22.4 Å². The van der Waals surface area contributed by atoms with Crippen molar-refractivity contribution in [1.29, 1.82) is 0 Å². The maximum absolute atomic E-state index is 14.5. The van der Waals surface area contributed by atoms with Gasteiger partial charge >= 0.3 is 6.18 Å². The van der Waals surface area contributed by atoms with Crippen molar-refractivity contribution in [2.24, 2.45) is 16.6 Å². The van der Waals surface area contributed by atoms with Crippen LogP contribution in [0.25, 0.3) is 0 Å². The number of nitrogens with zero attached hydrogens (tertiary/aromatic N) is 3. The molecule has 1 aliphatic carbocycles. The molecular weight excluding hydrogens is 390 g/mol. The summed E-state index contributed by atoms with van der Waals surface area (Å²) in [5.74, 6) is -1.61. The van der Waals surface area contributed by atoms with E-state index in [1.165, 1.54) is 24.7 Å². The number of nitrogens with one attached hydrogen (secondary N) is 1. The van der Waals surface area contributed by atoms with Crippen LogP contribution in [0, 0.1) is 18.7 Å². The molecule has 1 amide bonds. The molecule has 0 atom stereocenters. The van der Waals surface area contributed by atoms with Crippen molar-refractivity contribution in [3.63, 3.8) is 0 Å². The highest BCUT2D eigenvalue weighted by molar-refractivity contribution is 6.05. The minimum atomic E-state index is -4.69. The zero-order chi connectivity index (χ0) is 21.2. The second kappa shape index (κ2) is 7.98. The summed E-state index contributed by atoms with van der Waals surface area (Å²) >= 11 is 0. The van der Waals surface area contributed by atoms with E-state index >= 15 is 0 Å². The third kappa shape index (κ3) is 5.15. The smallest absolute Gasteiger partial charge is 0.395 e. The van der Waals surface area contributed by atoms with E-state index in [0.29, 0.717) is 24.2 Å². The number of amides is 1. The molecule has 6 nitrogen and oxygen atoms in total. The van der Waals surface area contributed by atoms with Crippen molar-refractivity contribution in [3.05, 3.63) is 59.6 Å². The van der Waals surface area contributed by atoms with Crippen molar-refractivity contribution >= 4 is 23.0 Å². The van der Waals surface area contributed by atoms with Crippen LogP contribution in [-0.2, 0) is 0 Å². The highest BCUT2D eigenvalue weighted by Crippen LogP contribution is 2.34. The number of halogens is 4. The van der Waals surface area contributed by atoms with E-state index in [1.54, 1.807) is 6.92 Å². The fourth-order valence-electron chi connectivity index (χ4n) is 2.45. The lowest BCUT2D eigenvalue weighted by molar-refractivity contribution is -0.0925. The molecule has 0 radical (unpaired) electrons. The number of aryl methyl sites for hydroxylation is 1. The normalized spacial score (nSPS) is 15.3. The number of aromatic nitrogens is 2. The molecule has 3 rings (SSSR count). The second-order valence-corrected chi connectivity index (χ2v) is 6.55. The lowest BCUT2D eigenvalue weighted by Crippen LogP contribution is -2.21. The van der Waals surface area contributed by atoms with Crippen LogP contribution in [-0.4, -0.2) is 27.8 Å². The first-order valence-electron chi connectivity index (χ1n) is 8.65. The summed E-state index contributed by atoms with van der Waals surface area (Å²) in [6.45, 7) is 1.68. The van der Waals surface area contributed by atoms with Crippen LogP contribution in [0.3, 0.4) is 0 Å². The lowest BCUT2D eigenvalue weighted by Gasteiger charge is -2.09. The third-order valence-electron chi connectivity index (χ3n) is 4.25. The molecule has 3 N–H and O–H groups in total. The van der Waals surface area contributed by atoms with Crippen LogP contribution in [0.2, 0.25) is 0 Å². The SMILES string of the molecule is Cc1ncncc1NC(=O)c1ccc(N=C(C=C(N)C(F)(F)F)C2CC2)c(F)c1. The standard InChI is InChI=1S/C19H17F4N5O/c1-10-16(8-25-9-26-10)28-18(29)12-4-5-14(13(20)6-12)27-15(11-2-3-11)7-17(24)19(21,22)23/h4-9,11H,2-3,24H2,1H3,(H,28,29). The van der Waals surface area contributed by atoms with Gasteiger partial charge in [-0.3, -0.25) is 9.79 Å². The van der Waals surface area contributed by atoms with Gasteiger partial charge in [-0.25, -0.2) is 14.4 Å². The van der Waals surface area contributed by atoms with Crippen molar-refractivity contribution in [3.8, 4) is 0 Å². The van der Waals surface area contributed by atoms with Gasteiger partial charge in [0.1, 0.15) is 17.8 Å². The molecule has 0 saturated heterocycles. The molecule has 0 unspecified atom stereocenters. The summed E-state index contributed by atoms with van der Waals surface area (Å²) in [5.41, 5.74) is 4.59. The Labute approximate surface area is 163 Å². The van der Waals surface area contributed by atoms with E-state index in [-0.39, 0.29) is 22.9 Å². The lowest BCUT2D eigenvalue weighted by atomic mass is 10.1. The number of allylic oxidation sites excluding steroid dienone is 2. The summed E-state index contributed by atoms with van der Waals surface area (Å²) in [6.07, 6.45) is 0.0942. The fraction of sp³-hybridized carbons (Fsp3) is 0.263. The average molecular weight is 407 g/mol. The molecule has 1 fully saturated rings. The Morgan fingerprint density at radius 3 is 2.66 bits per heavy atom. The number of anilines is 1. The molecule has 1 aliphatic rings. The number of carbonyl (C=O) groups excluding carboxylic acids is 1. The first-order chi connectivity index (χ1) is 13.6. The Bertz CT molecular complexity index is 996. The van der Waals surface area contributed by atoms with Crippen LogP contribution >= 0.6 is 0 Å². The minimum absolute atomic E-state index is 0.0167. The number of nitrogens with two attached hydrogens (primary N) is 1. The molecule has 152 valence electrons. The molecule has 1 aromatic heterocycles. The van der Waals surface area contributed by atoms with Crippen LogP contribution < -0.4 is 11.1 Å². The molecule has 2 aromatic rings. The number of rotatable bonds is 5.